The van der Waals surface area contributed by atoms with Crippen LogP contribution in [0.1, 0.15) is 77.7 Å². The van der Waals surface area contributed by atoms with Gasteiger partial charge in [0.05, 0.1) is 35.4 Å². The van der Waals surface area contributed by atoms with Crippen LogP contribution in [0.3, 0.4) is 0 Å². The van der Waals surface area contributed by atoms with Crippen molar-refractivity contribution < 1.29 is 24.0 Å². The summed E-state index contributed by atoms with van der Waals surface area (Å²) in [6, 6.07) is 14.9. The lowest BCUT2D eigenvalue weighted by molar-refractivity contribution is -0.199. The van der Waals surface area contributed by atoms with Crippen molar-refractivity contribution in [1.82, 2.24) is 10.3 Å². The number of hydrogen-bond acceptors (Lipinski definition) is 6. The molecule has 3 saturated carbocycles. The first kappa shape index (κ1) is 29.0. The zero-order valence-corrected chi connectivity index (χ0v) is 24.6. The second-order valence-electron chi connectivity index (χ2n) is 13.3. The van der Waals surface area contributed by atoms with Crippen molar-refractivity contribution in [3.63, 3.8) is 0 Å². The first-order valence-electron chi connectivity index (χ1n) is 14.8. The van der Waals surface area contributed by atoms with Crippen LogP contribution in [-0.2, 0) is 14.1 Å². The van der Waals surface area contributed by atoms with Crippen molar-refractivity contribution >= 4 is 18.8 Å². The van der Waals surface area contributed by atoms with Gasteiger partial charge < -0.3 is 19.7 Å². The van der Waals surface area contributed by atoms with Gasteiger partial charge in [-0.05, 0) is 68.4 Å². The topological polar surface area (TPSA) is 97.8 Å². The van der Waals surface area contributed by atoms with Crippen LogP contribution in [0.5, 0.6) is 0 Å². The summed E-state index contributed by atoms with van der Waals surface area (Å²) in [5.74, 6) is -0.615. The van der Waals surface area contributed by atoms with E-state index in [4.69, 9.17) is 9.31 Å². The van der Waals surface area contributed by atoms with Crippen LogP contribution in [0.2, 0.25) is 0 Å². The Bertz CT molecular complexity index is 1230. The van der Waals surface area contributed by atoms with Gasteiger partial charge >= 0.3 is 7.12 Å². The van der Waals surface area contributed by atoms with Gasteiger partial charge in [-0.25, -0.2) is 4.98 Å². The van der Waals surface area contributed by atoms with Gasteiger partial charge in [0.25, 0.3) is 0 Å². The Labute approximate surface area is 238 Å². The van der Waals surface area contributed by atoms with Crippen LogP contribution in [0.4, 0.5) is 0 Å². The predicted octanol–water partition coefficient (Wildman–Crippen LogP) is 5.12. The van der Waals surface area contributed by atoms with Crippen LogP contribution < -0.4 is 5.32 Å². The van der Waals surface area contributed by atoms with Crippen molar-refractivity contribution in [1.29, 1.82) is 0 Å². The van der Waals surface area contributed by atoms with Gasteiger partial charge in [-0.2, -0.15) is 0 Å². The lowest BCUT2D eigenvalue weighted by atomic mass is 9.43. The van der Waals surface area contributed by atoms with Gasteiger partial charge in [-0.3, -0.25) is 9.59 Å². The third-order valence-electron chi connectivity index (χ3n) is 9.78. The number of aromatic nitrogens is 1. The van der Waals surface area contributed by atoms with Crippen LogP contribution in [-0.4, -0.2) is 52.6 Å². The average molecular weight is 547 g/mol. The molecular formula is C32H43BN2O5. The van der Waals surface area contributed by atoms with Crippen molar-refractivity contribution in [3.8, 4) is 11.3 Å². The molecule has 1 aromatic carbocycles. The Morgan fingerprint density at radius 2 is 1.80 bits per heavy atom. The molecule has 3 aliphatic carbocycles. The molecule has 40 heavy (non-hydrogen) atoms. The minimum atomic E-state index is -1.01. The lowest BCUT2D eigenvalue weighted by Crippen LogP contribution is -2.65. The zero-order chi connectivity index (χ0) is 28.8. The predicted molar refractivity (Wildman–Crippen MR) is 155 cm³/mol. The summed E-state index contributed by atoms with van der Waals surface area (Å²) in [7, 11) is -0.564. The number of amides is 1. The molecule has 1 unspecified atom stereocenters. The summed E-state index contributed by atoms with van der Waals surface area (Å²) < 4.78 is 13.2. The number of Topliss-reactive ketones (excluding diaryl/α,β-unsaturated/α-hetero) is 1. The SMILES string of the molecule is CC(C)C[C@H](NC(=O)[C@@H](CC(=O)c1cccc(-c2ccccc2)n1)[C@@H](C)O)B1OC2C[C@@H]3C[C@@H](C3(C)C)[C@]2(C)O1. The van der Waals surface area contributed by atoms with E-state index in [1.807, 2.05) is 36.4 Å². The van der Waals surface area contributed by atoms with Gasteiger partial charge in [0, 0.05) is 12.0 Å². The van der Waals surface area contributed by atoms with E-state index in [2.05, 4.69) is 44.9 Å². The smallest absolute Gasteiger partial charge is 0.404 e. The molecule has 1 aromatic heterocycles. The van der Waals surface area contributed by atoms with E-state index in [-0.39, 0.29) is 52.8 Å². The van der Waals surface area contributed by atoms with Crippen LogP contribution in [0.15, 0.2) is 48.5 Å². The highest BCUT2D eigenvalue weighted by atomic mass is 16.7. The van der Waals surface area contributed by atoms with Crippen molar-refractivity contribution in [2.45, 2.75) is 91.0 Å². The van der Waals surface area contributed by atoms with Gasteiger partial charge in [-0.15, -0.1) is 0 Å². The molecule has 7 nitrogen and oxygen atoms in total. The number of hydrogen-bond donors (Lipinski definition) is 2. The van der Waals surface area contributed by atoms with Gasteiger partial charge in [0.15, 0.2) is 5.78 Å². The van der Waals surface area contributed by atoms with Crippen molar-refractivity contribution in [3.05, 3.63) is 54.2 Å². The minimum absolute atomic E-state index is 0.0120. The number of rotatable bonds is 10. The highest BCUT2D eigenvalue weighted by molar-refractivity contribution is 6.47. The molecule has 0 spiro atoms. The Morgan fingerprint density at radius 3 is 2.45 bits per heavy atom. The number of pyridine rings is 1. The van der Waals surface area contributed by atoms with Crippen LogP contribution in [0.25, 0.3) is 11.3 Å². The summed E-state index contributed by atoms with van der Waals surface area (Å²) in [4.78, 5) is 31.4. The summed E-state index contributed by atoms with van der Waals surface area (Å²) in [6.45, 7) is 12.6. The zero-order valence-electron chi connectivity index (χ0n) is 24.6. The van der Waals surface area contributed by atoms with E-state index in [1.54, 1.807) is 19.1 Å². The number of benzene rings is 1. The standard InChI is InChI=1S/C32H43BN2O5/c1-19(2)15-29(33-39-28-17-22-16-27(31(22,4)5)32(28,6)40-33)35-30(38)23(20(3)36)18-26(37)25-14-10-13-24(34-25)21-11-8-7-9-12-21/h7-14,19-20,22-23,27-29,36H,15-18H2,1-6H3,(H,35,38)/t20-,22+,23+,27+,28?,29+,32+/m1/s1. The molecular weight excluding hydrogens is 503 g/mol. The molecule has 6 rings (SSSR count). The molecule has 2 aromatic rings. The van der Waals surface area contributed by atoms with Gasteiger partial charge in [0.2, 0.25) is 5.91 Å². The maximum Gasteiger partial charge on any atom is 0.481 e. The minimum Gasteiger partial charge on any atom is -0.404 e. The first-order chi connectivity index (χ1) is 18.9. The number of nitrogens with zero attached hydrogens (tertiary/aromatic N) is 1. The monoisotopic (exact) mass is 546 g/mol. The number of carbonyl (C=O) groups excluding carboxylic acids is 2. The third kappa shape index (κ3) is 5.38. The normalized spacial score (nSPS) is 28.8. The number of carbonyl (C=O) groups is 2. The Balaban J connectivity index is 1.29. The van der Waals surface area contributed by atoms with Crippen molar-refractivity contribution in [2.24, 2.45) is 29.1 Å². The van der Waals surface area contributed by atoms with E-state index >= 15 is 0 Å². The van der Waals surface area contributed by atoms with Crippen LogP contribution in [0, 0.1) is 29.1 Å². The summed E-state index contributed by atoms with van der Waals surface area (Å²) in [5.41, 5.74) is 1.72. The molecule has 214 valence electrons. The fourth-order valence-electron chi connectivity index (χ4n) is 7.25. The molecule has 1 amide bonds. The van der Waals surface area contributed by atoms with E-state index in [0.717, 1.165) is 18.4 Å². The number of ketones is 1. The van der Waals surface area contributed by atoms with E-state index in [1.165, 1.54) is 0 Å². The third-order valence-corrected chi connectivity index (χ3v) is 9.78. The maximum atomic E-state index is 13.6. The maximum absolute atomic E-state index is 13.6. The summed E-state index contributed by atoms with van der Waals surface area (Å²) in [6.07, 6.45) is 1.64. The number of nitrogens with one attached hydrogen (secondary N) is 1. The lowest BCUT2D eigenvalue weighted by Gasteiger charge is -2.64. The molecule has 1 saturated heterocycles. The Morgan fingerprint density at radius 1 is 1.07 bits per heavy atom. The molecule has 4 aliphatic rings. The van der Waals surface area contributed by atoms with E-state index in [9.17, 15) is 14.7 Å². The van der Waals surface area contributed by atoms with Gasteiger partial charge in [0.1, 0.15) is 5.69 Å². The van der Waals surface area contributed by atoms with Crippen molar-refractivity contribution in [2.75, 3.05) is 0 Å². The quantitative estimate of drug-likeness (QED) is 0.317. The van der Waals surface area contributed by atoms with E-state index < -0.39 is 19.1 Å². The Hall–Kier alpha value is -2.55. The van der Waals surface area contributed by atoms with Gasteiger partial charge in [-0.1, -0.05) is 64.1 Å². The highest BCUT2D eigenvalue weighted by Gasteiger charge is 2.68. The highest BCUT2D eigenvalue weighted by Crippen LogP contribution is 2.65. The van der Waals surface area contributed by atoms with E-state index in [0.29, 0.717) is 24.0 Å². The molecule has 1 aliphatic heterocycles. The van der Waals surface area contributed by atoms with Crippen LogP contribution >= 0.6 is 0 Å². The molecule has 0 radical (unpaired) electrons. The second-order valence-corrected chi connectivity index (χ2v) is 13.3. The first-order valence-corrected chi connectivity index (χ1v) is 14.8. The largest absolute Gasteiger partial charge is 0.481 e. The molecule has 2 N–H and O–H groups in total. The molecule has 2 bridgehead atoms. The fourth-order valence-corrected chi connectivity index (χ4v) is 7.25. The molecule has 7 atom stereocenters. The second kappa shape index (κ2) is 11.0. The fraction of sp³-hybridized carbons (Fsp3) is 0.594. The molecule has 4 fully saturated rings. The summed E-state index contributed by atoms with van der Waals surface area (Å²) >= 11 is 0. The number of aliphatic hydroxyl groups is 1. The number of aliphatic hydroxyl groups excluding tert-OH is 1. The molecule has 2 heterocycles. The average Bonchev–Trinajstić information content (AvgIpc) is 3.28. The molecule has 8 heteroatoms. The Kier molecular flexibility index (Phi) is 7.99. The summed E-state index contributed by atoms with van der Waals surface area (Å²) in [5, 5.41) is 13.7.